The van der Waals surface area contributed by atoms with Crippen LogP contribution in [0.4, 0.5) is 5.69 Å². The number of piperidine rings is 1. The number of amides is 1. The van der Waals surface area contributed by atoms with Crippen LogP contribution in [0.5, 0.6) is 5.75 Å². The van der Waals surface area contributed by atoms with Crippen molar-refractivity contribution in [3.8, 4) is 5.75 Å². The van der Waals surface area contributed by atoms with Crippen LogP contribution in [0.3, 0.4) is 0 Å². The van der Waals surface area contributed by atoms with Crippen molar-refractivity contribution in [3.05, 3.63) is 24.3 Å². The molecule has 0 radical (unpaired) electrons. The molecule has 19 heavy (non-hydrogen) atoms. The molecule has 1 amide bonds. The van der Waals surface area contributed by atoms with Crippen LogP contribution >= 0.6 is 0 Å². The minimum Gasteiger partial charge on any atom is -0.494 e. The lowest BCUT2D eigenvalue weighted by atomic mass is 9.93. The first-order valence-electron chi connectivity index (χ1n) is 6.68. The molecule has 4 heteroatoms. The van der Waals surface area contributed by atoms with Crippen LogP contribution in [0.1, 0.15) is 26.7 Å². The summed E-state index contributed by atoms with van der Waals surface area (Å²) in [7, 11) is 0. The monoisotopic (exact) mass is 261 g/mol. The fraction of sp³-hybridized carbons (Fsp3) is 0.467. The third-order valence-corrected chi connectivity index (χ3v) is 3.39. The van der Waals surface area contributed by atoms with Crippen molar-refractivity contribution in [3.63, 3.8) is 0 Å². The highest BCUT2D eigenvalue weighted by atomic mass is 16.5. The first-order chi connectivity index (χ1) is 9.13. The van der Waals surface area contributed by atoms with Gasteiger partial charge in [0.2, 0.25) is 5.91 Å². The maximum absolute atomic E-state index is 12.3. The molecule has 1 aromatic rings. The maximum Gasteiger partial charge on any atom is 0.237 e. The van der Waals surface area contributed by atoms with E-state index in [2.05, 4.69) is 0 Å². The van der Waals surface area contributed by atoms with Gasteiger partial charge in [0.15, 0.2) is 0 Å². The van der Waals surface area contributed by atoms with E-state index in [1.807, 2.05) is 31.2 Å². The number of Topliss-reactive ketones (excluding diaryl/α,β-unsaturated/α-hetero) is 1. The lowest BCUT2D eigenvalue weighted by Crippen LogP contribution is -2.43. The zero-order valence-corrected chi connectivity index (χ0v) is 11.4. The molecule has 2 rings (SSSR count). The van der Waals surface area contributed by atoms with Gasteiger partial charge in [0.05, 0.1) is 12.5 Å². The van der Waals surface area contributed by atoms with E-state index in [1.54, 1.807) is 4.90 Å². The molecule has 0 unspecified atom stereocenters. The number of carbonyl (C=O) groups is 2. The molecule has 1 fully saturated rings. The molecule has 0 saturated carbocycles. The highest BCUT2D eigenvalue weighted by Crippen LogP contribution is 2.26. The topological polar surface area (TPSA) is 46.6 Å². The van der Waals surface area contributed by atoms with Crippen LogP contribution < -0.4 is 9.64 Å². The van der Waals surface area contributed by atoms with Gasteiger partial charge in [-0.15, -0.1) is 0 Å². The summed E-state index contributed by atoms with van der Waals surface area (Å²) < 4.78 is 5.38. The summed E-state index contributed by atoms with van der Waals surface area (Å²) in [6.45, 7) is 4.72. The Morgan fingerprint density at radius 1 is 1.37 bits per heavy atom. The average molecular weight is 261 g/mol. The third-order valence-electron chi connectivity index (χ3n) is 3.39. The Balaban J connectivity index is 2.16. The van der Waals surface area contributed by atoms with Crippen LogP contribution in [0.15, 0.2) is 24.3 Å². The number of hydrogen-bond donors (Lipinski definition) is 0. The summed E-state index contributed by atoms with van der Waals surface area (Å²) in [4.78, 5) is 25.4. The number of benzene rings is 1. The van der Waals surface area contributed by atoms with Crippen LogP contribution in [-0.4, -0.2) is 24.8 Å². The highest BCUT2D eigenvalue weighted by molar-refractivity contribution is 6.08. The van der Waals surface area contributed by atoms with Crippen molar-refractivity contribution in [2.24, 2.45) is 5.92 Å². The van der Waals surface area contributed by atoms with Crippen LogP contribution in [0.25, 0.3) is 0 Å². The molecule has 4 nitrogen and oxygen atoms in total. The van der Waals surface area contributed by atoms with E-state index < -0.39 is 5.92 Å². The molecule has 102 valence electrons. The van der Waals surface area contributed by atoms with E-state index in [-0.39, 0.29) is 11.7 Å². The molecule has 1 saturated heterocycles. The SMILES string of the molecule is CCOc1ccc(N2CCC[C@H](C(C)=O)C2=O)cc1. The normalized spacial score (nSPS) is 19.4. The zero-order chi connectivity index (χ0) is 13.8. The van der Waals surface area contributed by atoms with Crippen molar-refractivity contribution in [1.29, 1.82) is 0 Å². The third kappa shape index (κ3) is 2.95. The quantitative estimate of drug-likeness (QED) is 0.782. The summed E-state index contributed by atoms with van der Waals surface area (Å²) in [6, 6.07) is 7.43. The van der Waals surface area contributed by atoms with Gasteiger partial charge in [-0.1, -0.05) is 0 Å². The molecule has 0 spiro atoms. The van der Waals surface area contributed by atoms with E-state index in [4.69, 9.17) is 4.74 Å². The van der Waals surface area contributed by atoms with Gasteiger partial charge in [-0.2, -0.15) is 0 Å². The number of rotatable bonds is 4. The average Bonchev–Trinajstić information content (AvgIpc) is 2.40. The van der Waals surface area contributed by atoms with Gasteiger partial charge in [-0.05, 0) is 51.0 Å². The molecule has 1 aliphatic rings. The van der Waals surface area contributed by atoms with Crippen LogP contribution in [0, 0.1) is 5.92 Å². The van der Waals surface area contributed by atoms with E-state index in [9.17, 15) is 9.59 Å². The zero-order valence-electron chi connectivity index (χ0n) is 11.4. The molecular formula is C15H19NO3. The minimum absolute atomic E-state index is 0.0411. The van der Waals surface area contributed by atoms with E-state index in [0.717, 1.165) is 17.9 Å². The smallest absolute Gasteiger partial charge is 0.237 e. The van der Waals surface area contributed by atoms with E-state index in [0.29, 0.717) is 19.6 Å². The molecule has 1 aliphatic heterocycles. The first-order valence-corrected chi connectivity index (χ1v) is 6.68. The Morgan fingerprint density at radius 3 is 2.63 bits per heavy atom. The summed E-state index contributed by atoms with van der Waals surface area (Å²) in [5.74, 6) is 0.197. The van der Waals surface area contributed by atoms with Gasteiger partial charge in [0, 0.05) is 12.2 Å². The highest BCUT2D eigenvalue weighted by Gasteiger charge is 2.32. The number of carbonyl (C=O) groups excluding carboxylic acids is 2. The summed E-state index contributed by atoms with van der Waals surface area (Å²) in [5, 5.41) is 0. The molecule has 0 N–H and O–H groups in total. The Kier molecular flexibility index (Phi) is 4.20. The number of nitrogens with zero attached hydrogens (tertiary/aromatic N) is 1. The number of anilines is 1. The summed E-state index contributed by atoms with van der Waals surface area (Å²) >= 11 is 0. The molecule has 1 heterocycles. The van der Waals surface area contributed by atoms with Crippen molar-refractivity contribution in [2.45, 2.75) is 26.7 Å². The molecule has 0 aliphatic carbocycles. The molecule has 1 atom stereocenters. The lowest BCUT2D eigenvalue weighted by Gasteiger charge is -2.31. The summed E-state index contributed by atoms with van der Waals surface area (Å²) in [5.41, 5.74) is 0.833. The fourth-order valence-electron chi connectivity index (χ4n) is 2.40. The molecule has 0 aromatic heterocycles. The second-order valence-corrected chi connectivity index (χ2v) is 4.72. The van der Waals surface area contributed by atoms with Gasteiger partial charge in [0.1, 0.15) is 11.5 Å². The van der Waals surface area contributed by atoms with E-state index in [1.165, 1.54) is 6.92 Å². The van der Waals surface area contributed by atoms with Crippen molar-refractivity contribution in [2.75, 3.05) is 18.1 Å². The van der Waals surface area contributed by atoms with Gasteiger partial charge in [0.25, 0.3) is 0 Å². The maximum atomic E-state index is 12.3. The predicted molar refractivity (Wildman–Crippen MR) is 73.4 cm³/mol. The van der Waals surface area contributed by atoms with Crippen molar-refractivity contribution >= 4 is 17.4 Å². The van der Waals surface area contributed by atoms with Gasteiger partial charge in [-0.3, -0.25) is 9.59 Å². The Labute approximate surface area is 113 Å². The Bertz CT molecular complexity index is 467. The lowest BCUT2D eigenvalue weighted by molar-refractivity contribution is -0.132. The van der Waals surface area contributed by atoms with Gasteiger partial charge >= 0.3 is 0 Å². The fourth-order valence-corrected chi connectivity index (χ4v) is 2.40. The molecule has 0 bridgehead atoms. The number of hydrogen-bond acceptors (Lipinski definition) is 3. The van der Waals surface area contributed by atoms with Gasteiger partial charge in [-0.25, -0.2) is 0 Å². The Hall–Kier alpha value is -1.84. The first kappa shape index (κ1) is 13.6. The van der Waals surface area contributed by atoms with Crippen LogP contribution in [0.2, 0.25) is 0 Å². The molecule has 1 aromatic carbocycles. The van der Waals surface area contributed by atoms with E-state index >= 15 is 0 Å². The number of ketones is 1. The summed E-state index contributed by atoms with van der Waals surface area (Å²) in [6.07, 6.45) is 1.53. The second kappa shape index (κ2) is 5.87. The predicted octanol–water partition coefficient (Wildman–Crippen LogP) is 2.42. The van der Waals surface area contributed by atoms with Crippen molar-refractivity contribution in [1.82, 2.24) is 0 Å². The second-order valence-electron chi connectivity index (χ2n) is 4.72. The number of ether oxygens (including phenoxy) is 1. The van der Waals surface area contributed by atoms with Crippen molar-refractivity contribution < 1.29 is 14.3 Å². The molecular weight excluding hydrogens is 242 g/mol. The van der Waals surface area contributed by atoms with Gasteiger partial charge < -0.3 is 9.64 Å². The largest absolute Gasteiger partial charge is 0.494 e. The standard InChI is InChI=1S/C15H19NO3/c1-3-19-13-8-6-12(7-9-13)16-10-4-5-14(11(2)17)15(16)18/h6-9,14H,3-5,10H2,1-2H3/t14-/m1/s1. The minimum atomic E-state index is -0.472. The van der Waals surface area contributed by atoms with Crippen LogP contribution in [-0.2, 0) is 9.59 Å². The Morgan fingerprint density at radius 2 is 2.05 bits per heavy atom.